The molecule has 1 atom stereocenters. The Labute approximate surface area is 103 Å². The monoisotopic (exact) mass is 235 g/mol. The van der Waals surface area contributed by atoms with Crippen molar-refractivity contribution in [2.24, 2.45) is 0 Å². The summed E-state index contributed by atoms with van der Waals surface area (Å²) >= 11 is 5.90. The van der Waals surface area contributed by atoms with E-state index in [9.17, 15) is 0 Å². The summed E-state index contributed by atoms with van der Waals surface area (Å²) in [6, 6.07) is 9.23. The van der Waals surface area contributed by atoms with Gasteiger partial charge in [0.1, 0.15) is 0 Å². The van der Waals surface area contributed by atoms with E-state index in [0.717, 1.165) is 11.6 Å². The van der Waals surface area contributed by atoms with Gasteiger partial charge in [-0.3, -0.25) is 4.90 Å². The molecule has 1 heterocycles. The van der Waals surface area contributed by atoms with Crippen molar-refractivity contribution in [1.82, 2.24) is 4.90 Å². The van der Waals surface area contributed by atoms with Crippen molar-refractivity contribution in [2.45, 2.75) is 32.9 Å². The minimum absolute atomic E-state index is 0.501. The van der Waals surface area contributed by atoms with Crippen LogP contribution in [0.5, 0.6) is 0 Å². The first-order valence-electron chi connectivity index (χ1n) is 5.81. The molecular formula is C14H18ClN. The molecule has 1 nitrogen and oxygen atoms in total. The Morgan fingerprint density at radius 3 is 2.38 bits per heavy atom. The quantitative estimate of drug-likeness (QED) is 0.753. The molecule has 0 N–H and O–H groups in total. The highest BCUT2D eigenvalue weighted by atomic mass is 35.5. The van der Waals surface area contributed by atoms with E-state index in [1.54, 1.807) is 0 Å². The molecule has 2 rings (SSSR count). The first-order valence-corrected chi connectivity index (χ1v) is 6.19. The topological polar surface area (TPSA) is 3.24 Å². The maximum absolute atomic E-state index is 5.90. The maximum Gasteiger partial charge on any atom is 0.0406 e. The lowest BCUT2D eigenvalue weighted by Gasteiger charge is -2.27. The zero-order valence-electron chi connectivity index (χ0n) is 10.1. The third-order valence-electron chi connectivity index (χ3n) is 3.31. The van der Waals surface area contributed by atoms with Crippen LogP contribution in [-0.4, -0.2) is 23.5 Å². The minimum Gasteiger partial charge on any atom is -0.291 e. The molecule has 0 saturated carbocycles. The van der Waals surface area contributed by atoms with Crippen LogP contribution in [0.15, 0.2) is 30.3 Å². The van der Waals surface area contributed by atoms with E-state index in [-0.39, 0.29) is 0 Å². The lowest BCUT2D eigenvalue weighted by molar-refractivity contribution is 0.234. The summed E-state index contributed by atoms with van der Waals surface area (Å²) in [5, 5.41) is 0.802. The van der Waals surface area contributed by atoms with Gasteiger partial charge in [0.25, 0.3) is 0 Å². The first kappa shape index (κ1) is 11.7. The standard InChI is InChI=1S/C14H18ClN/c1-10(2)16-9-8-14(11(16)3)12-4-6-13(15)7-5-12/h4-8,10-11H,9H2,1-3H3. The van der Waals surface area contributed by atoms with Crippen molar-refractivity contribution in [2.75, 3.05) is 6.54 Å². The summed E-state index contributed by atoms with van der Waals surface area (Å²) in [7, 11) is 0. The molecule has 0 spiro atoms. The lowest BCUT2D eigenvalue weighted by atomic mass is 10.0. The molecule has 0 fully saturated rings. The van der Waals surface area contributed by atoms with Crippen LogP contribution in [0.2, 0.25) is 5.02 Å². The summed E-state index contributed by atoms with van der Waals surface area (Å²) < 4.78 is 0. The lowest BCUT2D eigenvalue weighted by Crippen LogP contribution is -2.35. The molecule has 2 heteroatoms. The van der Waals surface area contributed by atoms with Crippen LogP contribution in [0.25, 0.3) is 5.57 Å². The van der Waals surface area contributed by atoms with Gasteiger partial charge >= 0.3 is 0 Å². The van der Waals surface area contributed by atoms with Gasteiger partial charge in [-0.1, -0.05) is 29.8 Å². The molecule has 0 saturated heterocycles. The van der Waals surface area contributed by atoms with Gasteiger partial charge in [-0.15, -0.1) is 0 Å². The van der Waals surface area contributed by atoms with Crippen molar-refractivity contribution in [3.05, 3.63) is 40.9 Å². The summed E-state index contributed by atoms with van der Waals surface area (Å²) in [6.45, 7) is 7.81. The fourth-order valence-corrected chi connectivity index (χ4v) is 2.50. The Morgan fingerprint density at radius 2 is 1.88 bits per heavy atom. The Hall–Kier alpha value is -0.790. The number of hydrogen-bond donors (Lipinski definition) is 0. The van der Waals surface area contributed by atoms with Gasteiger partial charge in [-0.05, 0) is 44.0 Å². The Kier molecular flexibility index (Phi) is 3.36. The van der Waals surface area contributed by atoms with Gasteiger partial charge in [0.15, 0.2) is 0 Å². The smallest absolute Gasteiger partial charge is 0.0406 e. The molecule has 86 valence electrons. The Balaban J connectivity index is 2.21. The molecule has 16 heavy (non-hydrogen) atoms. The van der Waals surface area contributed by atoms with E-state index in [1.165, 1.54) is 11.1 Å². The van der Waals surface area contributed by atoms with Crippen LogP contribution >= 0.6 is 11.6 Å². The summed E-state index contributed by atoms with van der Waals surface area (Å²) in [5.41, 5.74) is 2.71. The number of benzene rings is 1. The molecule has 0 aromatic heterocycles. The summed E-state index contributed by atoms with van der Waals surface area (Å²) in [6.07, 6.45) is 2.33. The molecule has 0 aliphatic carbocycles. The molecule has 1 aliphatic rings. The zero-order valence-corrected chi connectivity index (χ0v) is 10.8. The average molecular weight is 236 g/mol. The SMILES string of the molecule is CC(C)N1CC=C(c2ccc(Cl)cc2)C1C. The highest BCUT2D eigenvalue weighted by Crippen LogP contribution is 2.29. The van der Waals surface area contributed by atoms with Crippen molar-refractivity contribution in [3.63, 3.8) is 0 Å². The van der Waals surface area contributed by atoms with Crippen LogP contribution in [0.3, 0.4) is 0 Å². The molecule has 1 unspecified atom stereocenters. The zero-order chi connectivity index (χ0) is 11.7. The molecule has 0 radical (unpaired) electrons. The number of nitrogens with zero attached hydrogens (tertiary/aromatic N) is 1. The van der Waals surface area contributed by atoms with E-state index in [2.05, 4.69) is 43.9 Å². The normalized spacial score (nSPS) is 21.6. The Morgan fingerprint density at radius 1 is 1.25 bits per heavy atom. The second kappa shape index (κ2) is 4.60. The second-order valence-corrected chi connectivity index (χ2v) is 5.07. The summed E-state index contributed by atoms with van der Waals surface area (Å²) in [5.74, 6) is 0. The summed E-state index contributed by atoms with van der Waals surface area (Å²) in [4.78, 5) is 2.49. The van der Waals surface area contributed by atoms with Gasteiger partial charge in [0.2, 0.25) is 0 Å². The second-order valence-electron chi connectivity index (χ2n) is 4.63. The molecule has 0 amide bonds. The van der Waals surface area contributed by atoms with Crippen LogP contribution in [0, 0.1) is 0 Å². The van der Waals surface area contributed by atoms with Crippen molar-refractivity contribution >= 4 is 17.2 Å². The van der Waals surface area contributed by atoms with E-state index in [1.807, 2.05) is 12.1 Å². The van der Waals surface area contributed by atoms with Crippen molar-refractivity contribution < 1.29 is 0 Å². The number of halogens is 1. The minimum atomic E-state index is 0.501. The van der Waals surface area contributed by atoms with E-state index in [0.29, 0.717) is 12.1 Å². The van der Waals surface area contributed by atoms with Crippen LogP contribution < -0.4 is 0 Å². The molecule has 1 aromatic rings. The first-order chi connectivity index (χ1) is 7.59. The fraction of sp³-hybridized carbons (Fsp3) is 0.429. The Bertz CT molecular complexity index is 392. The van der Waals surface area contributed by atoms with Crippen LogP contribution in [0.4, 0.5) is 0 Å². The average Bonchev–Trinajstić information content (AvgIpc) is 2.61. The van der Waals surface area contributed by atoms with E-state index < -0.39 is 0 Å². The highest BCUT2D eigenvalue weighted by Gasteiger charge is 2.25. The van der Waals surface area contributed by atoms with Gasteiger partial charge in [-0.2, -0.15) is 0 Å². The predicted octanol–water partition coefficient (Wildman–Crippen LogP) is 3.84. The van der Waals surface area contributed by atoms with Crippen molar-refractivity contribution in [3.8, 4) is 0 Å². The van der Waals surface area contributed by atoms with E-state index >= 15 is 0 Å². The third-order valence-corrected chi connectivity index (χ3v) is 3.56. The van der Waals surface area contributed by atoms with Gasteiger partial charge in [0, 0.05) is 23.7 Å². The van der Waals surface area contributed by atoms with Gasteiger partial charge in [0.05, 0.1) is 0 Å². The molecule has 1 aliphatic heterocycles. The maximum atomic E-state index is 5.90. The fourth-order valence-electron chi connectivity index (χ4n) is 2.37. The predicted molar refractivity (Wildman–Crippen MR) is 70.7 cm³/mol. The highest BCUT2D eigenvalue weighted by molar-refractivity contribution is 6.30. The third kappa shape index (κ3) is 2.16. The van der Waals surface area contributed by atoms with Crippen LogP contribution in [0.1, 0.15) is 26.3 Å². The van der Waals surface area contributed by atoms with Crippen molar-refractivity contribution in [1.29, 1.82) is 0 Å². The molecular weight excluding hydrogens is 218 g/mol. The molecule has 0 bridgehead atoms. The molecule has 1 aromatic carbocycles. The van der Waals surface area contributed by atoms with Gasteiger partial charge in [-0.25, -0.2) is 0 Å². The number of hydrogen-bond acceptors (Lipinski definition) is 1. The van der Waals surface area contributed by atoms with Gasteiger partial charge < -0.3 is 0 Å². The van der Waals surface area contributed by atoms with E-state index in [4.69, 9.17) is 11.6 Å². The largest absolute Gasteiger partial charge is 0.291 e. The van der Waals surface area contributed by atoms with Crippen LogP contribution in [-0.2, 0) is 0 Å². The number of rotatable bonds is 2.